The fourth-order valence-corrected chi connectivity index (χ4v) is 1.64. The lowest BCUT2D eigenvalue weighted by molar-refractivity contribution is -0.118. The van der Waals surface area contributed by atoms with Crippen molar-refractivity contribution in [3.63, 3.8) is 0 Å². The van der Waals surface area contributed by atoms with Crippen LogP contribution in [0.2, 0.25) is 0 Å². The van der Waals surface area contributed by atoms with Crippen molar-refractivity contribution in [3.8, 4) is 0 Å². The second-order valence-corrected chi connectivity index (χ2v) is 3.49. The number of aromatic nitrogens is 1. The van der Waals surface area contributed by atoms with Crippen LogP contribution in [0.4, 0.5) is 0 Å². The van der Waals surface area contributed by atoms with Gasteiger partial charge in [0.1, 0.15) is 6.54 Å². The number of carbonyl (C=O) groups is 2. The first-order chi connectivity index (χ1) is 7.58. The van der Waals surface area contributed by atoms with E-state index >= 15 is 0 Å². The standard InChI is InChI=1S/C11H10N2O3/c12-10(14)6-13-4-3-7-5-8(11(15)16)1-2-9(7)13/h1-5H,6H2,(H2,12,14)(H,15,16). The molecule has 5 nitrogen and oxygen atoms in total. The average Bonchev–Trinajstić information content (AvgIpc) is 2.60. The highest BCUT2D eigenvalue weighted by Gasteiger charge is 2.07. The molecule has 0 unspecified atom stereocenters. The summed E-state index contributed by atoms with van der Waals surface area (Å²) >= 11 is 0. The number of primary amides is 1. The Hall–Kier alpha value is -2.30. The summed E-state index contributed by atoms with van der Waals surface area (Å²) in [6, 6.07) is 6.49. The Kier molecular flexibility index (Phi) is 2.36. The van der Waals surface area contributed by atoms with Crippen LogP contribution in [0.1, 0.15) is 10.4 Å². The minimum absolute atomic E-state index is 0.0932. The maximum Gasteiger partial charge on any atom is 0.335 e. The lowest BCUT2D eigenvalue weighted by Gasteiger charge is -2.02. The highest BCUT2D eigenvalue weighted by Crippen LogP contribution is 2.17. The molecule has 3 N–H and O–H groups in total. The van der Waals surface area contributed by atoms with E-state index < -0.39 is 11.9 Å². The molecule has 2 aromatic rings. The molecule has 1 heterocycles. The zero-order valence-electron chi connectivity index (χ0n) is 8.38. The molecule has 1 aromatic heterocycles. The molecule has 0 aliphatic rings. The summed E-state index contributed by atoms with van der Waals surface area (Å²) in [6.45, 7) is 0.0932. The van der Waals surface area contributed by atoms with Crippen molar-refractivity contribution in [2.75, 3.05) is 0 Å². The maximum absolute atomic E-state index is 10.8. The Morgan fingerprint density at radius 2 is 2.06 bits per heavy atom. The molecule has 5 heteroatoms. The molecule has 16 heavy (non-hydrogen) atoms. The Morgan fingerprint density at radius 3 is 2.69 bits per heavy atom. The van der Waals surface area contributed by atoms with E-state index in [0.29, 0.717) is 0 Å². The average molecular weight is 218 g/mol. The smallest absolute Gasteiger partial charge is 0.335 e. The lowest BCUT2D eigenvalue weighted by atomic mass is 10.1. The molecule has 0 aliphatic heterocycles. The first-order valence-corrected chi connectivity index (χ1v) is 4.68. The highest BCUT2D eigenvalue weighted by atomic mass is 16.4. The molecule has 0 spiro atoms. The van der Waals surface area contributed by atoms with E-state index in [2.05, 4.69) is 0 Å². The molecule has 0 saturated heterocycles. The van der Waals surface area contributed by atoms with Crippen LogP contribution in [-0.4, -0.2) is 21.6 Å². The molecule has 0 aliphatic carbocycles. The van der Waals surface area contributed by atoms with Crippen LogP contribution < -0.4 is 5.73 Å². The van der Waals surface area contributed by atoms with E-state index in [9.17, 15) is 9.59 Å². The number of rotatable bonds is 3. The summed E-state index contributed by atoms with van der Waals surface area (Å²) in [7, 11) is 0. The number of benzene rings is 1. The van der Waals surface area contributed by atoms with Crippen molar-refractivity contribution in [1.29, 1.82) is 0 Å². The number of amides is 1. The SMILES string of the molecule is NC(=O)Cn1ccc2cc(C(=O)O)ccc21. The number of hydrogen-bond acceptors (Lipinski definition) is 2. The van der Waals surface area contributed by atoms with Gasteiger partial charge in [-0.1, -0.05) is 0 Å². The molecule has 1 aromatic carbocycles. The summed E-state index contributed by atoms with van der Waals surface area (Å²) in [4.78, 5) is 21.5. The van der Waals surface area contributed by atoms with Gasteiger partial charge in [0.15, 0.2) is 0 Å². The van der Waals surface area contributed by atoms with Crippen LogP contribution in [0.25, 0.3) is 10.9 Å². The van der Waals surface area contributed by atoms with Gasteiger partial charge < -0.3 is 15.4 Å². The molecule has 82 valence electrons. The number of nitrogens with zero attached hydrogens (tertiary/aromatic N) is 1. The second-order valence-electron chi connectivity index (χ2n) is 3.49. The van der Waals surface area contributed by atoms with Crippen molar-refractivity contribution < 1.29 is 14.7 Å². The molecular weight excluding hydrogens is 208 g/mol. The third-order valence-corrected chi connectivity index (χ3v) is 2.34. The monoisotopic (exact) mass is 218 g/mol. The van der Waals surface area contributed by atoms with Crippen molar-refractivity contribution in [2.24, 2.45) is 5.73 Å². The maximum atomic E-state index is 10.8. The van der Waals surface area contributed by atoms with Crippen LogP contribution in [-0.2, 0) is 11.3 Å². The summed E-state index contributed by atoms with van der Waals surface area (Å²) in [5.41, 5.74) is 6.12. The van der Waals surface area contributed by atoms with Gasteiger partial charge >= 0.3 is 5.97 Å². The molecular formula is C11H10N2O3. The minimum atomic E-state index is -0.968. The Balaban J connectivity index is 2.50. The normalized spacial score (nSPS) is 10.5. The summed E-state index contributed by atoms with van der Waals surface area (Å²) in [6.07, 6.45) is 1.71. The Bertz CT molecular complexity index is 572. The van der Waals surface area contributed by atoms with Gasteiger partial charge in [-0.3, -0.25) is 4.79 Å². The summed E-state index contributed by atoms with van der Waals surface area (Å²) < 4.78 is 1.68. The minimum Gasteiger partial charge on any atom is -0.478 e. The number of hydrogen-bond donors (Lipinski definition) is 2. The van der Waals surface area contributed by atoms with E-state index in [1.165, 1.54) is 6.07 Å². The van der Waals surface area contributed by atoms with Gasteiger partial charge in [0.05, 0.1) is 5.56 Å². The van der Waals surface area contributed by atoms with Gasteiger partial charge in [-0.15, -0.1) is 0 Å². The molecule has 0 saturated carbocycles. The molecule has 0 atom stereocenters. The highest BCUT2D eigenvalue weighted by molar-refractivity contribution is 5.94. The van der Waals surface area contributed by atoms with Gasteiger partial charge in [0, 0.05) is 17.1 Å². The lowest BCUT2D eigenvalue weighted by Crippen LogP contribution is -2.17. The molecule has 0 bridgehead atoms. The predicted molar refractivity (Wildman–Crippen MR) is 58.1 cm³/mol. The summed E-state index contributed by atoms with van der Waals surface area (Å²) in [5.74, 6) is -1.40. The van der Waals surface area contributed by atoms with Crippen LogP contribution >= 0.6 is 0 Å². The van der Waals surface area contributed by atoms with Gasteiger partial charge in [-0.2, -0.15) is 0 Å². The van der Waals surface area contributed by atoms with Crippen molar-refractivity contribution >= 4 is 22.8 Å². The first-order valence-electron chi connectivity index (χ1n) is 4.68. The number of carboxylic acid groups (broad SMARTS) is 1. The Labute approximate surface area is 91.1 Å². The number of aromatic carboxylic acids is 1. The van der Waals surface area contributed by atoms with Crippen LogP contribution in [0.3, 0.4) is 0 Å². The topological polar surface area (TPSA) is 85.3 Å². The van der Waals surface area contributed by atoms with Gasteiger partial charge in [-0.05, 0) is 24.3 Å². The first kappa shape index (κ1) is 10.2. The third kappa shape index (κ3) is 1.75. The van der Waals surface area contributed by atoms with Gasteiger partial charge in [-0.25, -0.2) is 4.79 Å². The van der Waals surface area contributed by atoms with Crippen LogP contribution in [0.5, 0.6) is 0 Å². The third-order valence-electron chi connectivity index (χ3n) is 2.34. The second kappa shape index (κ2) is 3.69. The summed E-state index contributed by atoms with van der Waals surface area (Å²) in [5, 5.41) is 9.59. The predicted octanol–water partition coefficient (Wildman–Crippen LogP) is 0.825. The Morgan fingerprint density at radius 1 is 1.31 bits per heavy atom. The van der Waals surface area contributed by atoms with Crippen LogP contribution in [0, 0.1) is 0 Å². The zero-order chi connectivity index (χ0) is 11.7. The number of carbonyl (C=O) groups excluding carboxylic acids is 1. The largest absolute Gasteiger partial charge is 0.478 e. The quantitative estimate of drug-likeness (QED) is 0.799. The fourth-order valence-electron chi connectivity index (χ4n) is 1.64. The fraction of sp³-hybridized carbons (Fsp3) is 0.0909. The molecule has 0 fully saturated rings. The molecule has 1 amide bonds. The van der Waals surface area contributed by atoms with Gasteiger partial charge in [0.25, 0.3) is 0 Å². The van der Waals surface area contributed by atoms with Gasteiger partial charge in [0.2, 0.25) is 5.91 Å². The van der Waals surface area contributed by atoms with E-state index in [4.69, 9.17) is 10.8 Å². The van der Waals surface area contributed by atoms with E-state index in [1.807, 2.05) is 0 Å². The number of carboxylic acids is 1. The number of nitrogens with two attached hydrogens (primary N) is 1. The number of fused-ring (bicyclic) bond motifs is 1. The van der Waals surface area contributed by atoms with Crippen molar-refractivity contribution in [3.05, 3.63) is 36.0 Å². The van der Waals surface area contributed by atoms with Crippen molar-refractivity contribution in [1.82, 2.24) is 4.57 Å². The van der Waals surface area contributed by atoms with E-state index in [0.717, 1.165) is 10.9 Å². The van der Waals surface area contributed by atoms with E-state index in [1.54, 1.807) is 29.0 Å². The van der Waals surface area contributed by atoms with Crippen molar-refractivity contribution in [2.45, 2.75) is 6.54 Å². The van der Waals surface area contributed by atoms with E-state index in [-0.39, 0.29) is 12.1 Å². The molecule has 0 radical (unpaired) electrons. The van der Waals surface area contributed by atoms with Crippen LogP contribution in [0.15, 0.2) is 30.5 Å². The zero-order valence-corrected chi connectivity index (χ0v) is 8.38. The molecule has 2 rings (SSSR count).